The number of anilines is 5. The molecule has 0 fully saturated rings. The van der Waals surface area contributed by atoms with Crippen molar-refractivity contribution >= 4 is 28.6 Å². The standard InChI is InChI=1S/C37H31N5.Pd/c1-37(2,30-22-28(26-38-27-30)35-18-10-12-20-39-35)29-23-33(41(3)36-19-11-13-21-40-36)25-34(24-29)42(31-14-6-4-7-15-31)32-16-8-5-9-17-32;/h4-21,24-27H,1-3H3;/q-2;+2. The van der Waals surface area contributed by atoms with Crippen molar-refractivity contribution in [2.75, 3.05) is 16.8 Å². The van der Waals surface area contributed by atoms with Crippen molar-refractivity contribution in [1.82, 2.24) is 15.0 Å². The third kappa shape index (κ3) is 6.42. The van der Waals surface area contributed by atoms with Crippen LogP contribution in [0.5, 0.6) is 0 Å². The van der Waals surface area contributed by atoms with Crippen LogP contribution in [-0.2, 0) is 25.8 Å². The fourth-order valence-corrected chi connectivity index (χ4v) is 4.97. The molecule has 0 aliphatic rings. The molecular formula is C37H31N5Pd. The van der Waals surface area contributed by atoms with Gasteiger partial charge in [0.2, 0.25) is 0 Å². The SMILES string of the molecule is CN(c1[c-]c(C(C)(C)c2[c-]c(-c3ccccn3)cnc2)cc(N(c2ccccc2)c2ccccc2)c1)c1ccccn1.[Pd+2]. The van der Waals surface area contributed by atoms with Crippen LogP contribution in [0.3, 0.4) is 0 Å². The van der Waals surface area contributed by atoms with Gasteiger partial charge in [0.25, 0.3) is 0 Å². The third-order valence-corrected chi connectivity index (χ3v) is 7.44. The van der Waals surface area contributed by atoms with E-state index in [0.29, 0.717) is 0 Å². The minimum atomic E-state index is -0.480. The number of para-hydroxylation sites is 2. The van der Waals surface area contributed by atoms with E-state index >= 15 is 0 Å². The molecule has 6 rings (SSSR count). The Hall–Kier alpha value is -4.63. The van der Waals surface area contributed by atoms with E-state index in [4.69, 9.17) is 0 Å². The van der Waals surface area contributed by atoms with Crippen molar-refractivity contribution in [3.8, 4) is 11.3 Å². The van der Waals surface area contributed by atoms with Crippen molar-refractivity contribution in [3.63, 3.8) is 0 Å². The zero-order valence-corrected chi connectivity index (χ0v) is 25.8. The molecule has 43 heavy (non-hydrogen) atoms. The molecule has 3 aromatic carbocycles. The third-order valence-electron chi connectivity index (χ3n) is 7.44. The number of pyridine rings is 3. The van der Waals surface area contributed by atoms with E-state index in [0.717, 1.165) is 51.0 Å². The first-order chi connectivity index (χ1) is 20.5. The van der Waals surface area contributed by atoms with Gasteiger partial charge in [-0.25, -0.2) is 4.98 Å². The summed E-state index contributed by atoms with van der Waals surface area (Å²) in [7, 11) is 2.03. The van der Waals surface area contributed by atoms with E-state index < -0.39 is 5.41 Å². The number of aromatic nitrogens is 3. The van der Waals surface area contributed by atoms with Crippen molar-refractivity contribution in [1.29, 1.82) is 0 Å². The maximum atomic E-state index is 4.61. The Morgan fingerprint density at radius 2 is 1.26 bits per heavy atom. The summed E-state index contributed by atoms with van der Waals surface area (Å²) in [5.41, 5.74) is 7.23. The van der Waals surface area contributed by atoms with Crippen molar-refractivity contribution in [2.24, 2.45) is 0 Å². The minimum Gasteiger partial charge on any atom is -0.360 e. The van der Waals surface area contributed by atoms with Gasteiger partial charge in [-0.2, -0.15) is 6.07 Å². The van der Waals surface area contributed by atoms with Crippen LogP contribution in [0, 0.1) is 12.1 Å². The molecule has 6 heteroatoms. The second-order valence-corrected chi connectivity index (χ2v) is 10.6. The van der Waals surface area contributed by atoms with Gasteiger partial charge in [-0.1, -0.05) is 92.2 Å². The molecule has 3 heterocycles. The van der Waals surface area contributed by atoms with Crippen LogP contribution in [-0.4, -0.2) is 22.0 Å². The first-order valence-electron chi connectivity index (χ1n) is 13.9. The fourth-order valence-electron chi connectivity index (χ4n) is 4.97. The Labute approximate surface area is 267 Å². The van der Waals surface area contributed by atoms with E-state index in [1.807, 2.05) is 74.2 Å². The predicted octanol–water partition coefficient (Wildman–Crippen LogP) is 8.70. The Bertz CT molecular complexity index is 1720. The van der Waals surface area contributed by atoms with Gasteiger partial charge in [-0.05, 0) is 53.6 Å². The molecule has 0 bridgehead atoms. The number of benzene rings is 3. The number of hydrogen-bond donors (Lipinski definition) is 0. The quantitative estimate of drug-likeness (QED) is 0.122. The van der Waals surface area contributed by atoms with Gasteiger partial charge in [0.05, 0.1) is 0 Å². The Balaban J connectivity index is 0.00000368. The molecule has 0 spiro atoms. The second kappa shape index (κ2) is 13.1. The summed E-state index contributed by atoms with van der Waals surface area (Å²) >= 11 is 0. The van der Waals surface area contributed by atoms with Gasteiger partial charge < -0.3 is 19.8 Å². The molecule has 0 atom stereocenters. The molecule has 3 aromatic heterocycles. The summed E-state index contributed by atoms with van der Waals surface area (Å²) < 4.78 is 0. The van der Waals surface area contributed by atoms with Gasteiger partial charge in [-0.3, -0.25) is 0 Å². The van der Waals surface area contributed by atoms with Crippen LogP contribution >= 0.6 is 0 Å². The van der Waals surface area contributed by atoms with Crippen molar-refractivity contribution in [3.05, 3.63) is 157 Å². The second-order valence-electron chi connectivity index (χ2n) is 10.6. The van der Waals surface area contributed by atoms with Gasteiger partial charge in [0.15, 0.2) is 0 Å². The predicted molar refractivity (Wildman–Crippen MR) is 171 cm³/mol. The van der Waals surface area contributed by atoms with E-state index in [-0.39, 0.29) is 20.4 Å². The van der Waals surface area contributed by atoms with Crippen LogP contribution in [0.25, 0.3) is 11.3 Å². The zero-order valence-electron chi connectivity index (χ0n) is 24.3. The van der Waals surface area contributed by atoms with Crippen LogP contribution in [0.1, 0.15) is 25.0 Å². The van der Waals surface area contributed by atoms with Crippen molar-refractivity contribution in [2.45, 2.75) is 19.3 Å². The molecule has 0 aliphatic carbocycles. The largest absolute Gasteiger partial charge is 2.00 e. The average Bonchev–Trinajstić information content (AvgIpc) is 3.06. The van der Waals surface area contributed by atoms with E-state index in [2.05, 4.69) is 111 Å². The van der Waals surface area contributed by atoms with Crippen LogP contribution in [0.2, 0.25) is 0 Å². The smallest absolute Gasteiger partial charge is 0.360 e. The first-order valence-corrected chi connectivity index (χ1v) is 13.9. The Kier molecular flexibility index (Phi) is 9.11. The molecule has 0 radical (unpaired) electrons. The maximum absolute atomic E-state index is 4.61. The van der Waals surface area contributed by atoms with Gasteiger partial charge in [0.1, 0.15) is 5.82 Å². The summed E-state index contributed by atoms with van der Waals surface area (Å²) in [6, 6.07) is 44.4. The molecular weight excluding hydrogens is 621 g/mol. The summed E-state index contributed by atoms with van der Waals surface area (Å²) in [5, 5.41) is 0. The Morgan fingerprint density at radius 1 is 0.628 bits per heavy atom. The summed E-state index contributed by atoms with van der Waals surface area (Å²) in [6.07, 6.45) is 7.31. The molecule has 6 aromatic rings. The molecule has 0 saturated heterocycles. The number of nitrogens with zero attached hydrogens (tertiary/aromatic N) is 5. The molecule has 0 unspecified atom stereocenters. The molecule has 0 N–H and O–H groups in total. The van der Waals surface area contributed by atoms with Crippen molar-refractivity contribution < 1.29 is 20.4 Å². The summed E-state index contributed by atoms with van der Waals surface area (Å²) in [6.45, 7) is 4.39. The fraction of sp³-hybridized carbons (Fsp3) is 0.108. The molecule has 0 saturated carbocycles. The number of rotatable bonds is 8. The number of hydrogen-bond acceptors (Lipinski definition) is 5. The molecule has 214 valence electrons. The minimum absolute atomic E-state index is 0. The van der Waals surface area contributed by atoms with Crippen LogP contribution in [0.15, 0.2) is 134 Å². The van der Waals surface area contributed by atoms with E-state index in [1.165, 1.54) is 0 Å². The van der Waals surface area contributed by atoms with Crippen LogP contribution in [0.4, 0.5) is 28.6 Å². The summed E-state index contributed by atoms with van der Waals surface area (Å²) in [4.78, 5) is 18.1. The van der Waals surface area contributed by atoms with Gasteiger partial charge in [0, 0.05) is 30.8 Å². The van der Waals surface area contributed by atoms with E-state index in [1.54, 1.807) is 6.20 Å². The average molecular weight is 652 g/mol. The van der Waals surface area contributed by atoms with Crippen LogP contribution < -0.4 is 9.80 Å². The first kappa shape index (κ1) is 29.9. The summed E-state index contributed by atoms with van der Waals surface area (Å²) in [5.74, 6) is 0.839. The zero-order chi connectivity index (χ0) is 28.9. The monoisotopic (exact) mass is 651 g/mol. The topological polar surface area (TPSA) is 45.2 Å². The molecule has 0 amide bonds. The molecule has 5 nitrogen and oxygen atoms in total. The van der Waals surface area contributed by atoms with Gasteiger partial charge >= 0.3 is 20.4 Å². The normalized spacial score (nSPS) is 11.0. The van der Waals surface area contributed by atoms with Gasteiger partial charge in [-0.15, -0.1) is 34.9 Å². The Morgan fingerprint density at radius 3 is 1.86 bits per heavy atom. The van der Waals surface area contributed by atoms with E-state index in [9.17, 15) is 0 Å². The molecule has 0 aliphatic heterocycles. The maximum Gasteiger partial charge on any atom is 2.00 e.